The summed E-state index contributed by atoms with van der Waals surface area (Å²) in [6.45, 7) is 3.77. The zero-order valence-corrected chi connectivity index (χ0v) is 14.2. The fourth-order valence-corrected chi connectivity index (χ4v) is 2.51. The Bertz CT molecular complexity index is 700. The van der Waals surface area contributed by atoms with Crippen LogP contribution < -0.4 is 15.4 Å². The van der Waals surface area contributed by atoms with Crippen LogP contribution in [0.5, 0.6) is 5.88 Å². The molecule has 2 aromatic rings. The van der Waals surface area contributed by atoms with E-state index in [1.165, 1.54) is 12.1 Å². The number of hydrogen-bond donors (Lipinski definition) is 2. The zero-order valence-electron chi connectivity index (χ0n) is 14.2. The summed E-state index contributed by atoms with van der Waals surface area (Å²) in [6, 6.07) is 5.95. The lowest BCUT2D eigenvalue weighted by atomic mass is 10.2. The van der Waals surface area contributed by atoms with E-state index in [4.69, 9.17) is 4.74 Å². The summed E-state index contributed by atoms with van der Waals surface area (Å²) < 4.78 is 20.5. The average Bonchev–Trinajstić information content (AvgIpc) is 2.83. The van der Waals surface area contributed by atoms with Crippen molar-refractivity contribution in [2.75, 3.05) is 20.2 Å². The smallest absolute Gasteiger partial charge is 0.254 e. The minimum Gasteiger partial charge on any atom is -0.481 e. The fraction of sp³-hybridized carbons (Fsp3) is 0.412. The van der Waals surface area contributed by atoms with E-state index in [9.17, 15) is 9.18 Å². The second kappa shape index (κ2) is 8.44. The third kappa shape index (κ3) is 4.32. The molecule has 0 aliphatic carbocycles. The molecular weight excluding hydrogens is 311 g/mol. The molecule has 1 amide bonds. The van der Waals surface area contributed by atoms with Gasteiger partial charge in [-0.1, -0.05) is 12.1 Å². The van der Waals surface area contributed by atoms with Crippen LogP contribution in [0.2, 0.25) is 0 Å². The van der Waals surface area contributed by atoms with Gasteiger partial charge < -0.3 is 15.4 Å². The molecule has 2 rings (SSSR count). The van der Waals surface area contributed by atoms with Gasteiger partial charge in [-0.15, -0.1) is 0 Å². The highest BCUT2D eigenvalue weighted by Crippen LogP contribution is 2.20. The summed E-state index contributed by atoms with van der Waals surface area (Å²) in [6.07, 6.45) is 0.738. The number of nitrogens with one attached hydrogen (secondary N) is 2. The molecule has 0 radical (unpaired) electrons. The molecule has 7 heteroatoms. The molecule has 0 unspecified atom stereocenters. The molecule has 0 saturated carbocycles. The molecular formula is C17H23FN4O2. The fourth-order valence-electron chi connectivity index (χ4n) is 2.51. The van der Waals surface area contributed by atoms with Crippen LogP contribution in [0.4, 0.5) is 4.39 Å². The average molecular weight is 334 g/mol. The van der Waals surface area contributed by atoms with E-state index in [0.717, 1.165) is 30.1 Å². The number of benzene rings is 1. The number of rotatable bonds is 8. The molecule has 0 aliphatic rings. The molecule has 0 bridgehead atoms. The first-order valence-electron chi connectivity index (χ1n) is 7.84. The van der Waals surface area contributed by atoms with Crippen LogP contribution in [-0.4, -0.2) is 35.9 Å². The number of halogens is 1. The van der Waals surface area contributed by atoms with Crippen molar-refractivity contribution in [2.45, 2.75) is 19.9 Å². The Morgan fingerprint density at radius 2 is 2.08 bits per heavy atom. The predicted molar refractivity (Wildman–Crippen MR) is 89.6 cm³/mol. The Labute approximate surface area is 141 Å². The standard InChI is InChI=1S/C17H23FN4O2/c1-12-14(17(24-3)22(2)21-12)11-19-9-6-10-20-16(23)13-7-4-5-8-15(13)18/h4-5,7-8,19H,6,9-11H2,1-3H3,(H,20,23). The van der Waals surface area contributed by atoms with E-state index in [1.807, 2.05) is 14.0 Å². The van der Waals surface area contributed by atoms with Crippen LogP contribution >= 0.6 is 0 Å². The summed E-state index contributed by atoms with van der Waals surface area (Å²) in [5.41, 5.74) is 2.02. The Balaban J connectivity index is 1.71. The van der Waals surface area contributed by atoms with Gasteiger partial charge in [-0.05, 0) is 32.0 Å². The summed E-state index contributed by atoms with van der Waals surface area (Å²) in [7, 11) is 3.46. The molecule has 130 valence electrons. The second-order valence-electron chi connectivity index (χ2n) is 5.46. The number of aromatic nitrogens is 2. The first-order valence-corrected chi connectivity index (χ1v) is 7.84. The highest BCUT2D eigenvalue weighted by atomic mass is 19.1. The van der Waals surface area contributed by atoms with Crippen molar-refractivity contribution in [1.82, 2.24) is 20.4 Å². The minimum absolute atomic E-state index is 0.0705. The predicted octanol–water partition coefficient (Wildman–Crippen LogP) is 1.79. The molecule has 0 aliphatic heterocycles. The van der Waals surface area contributed by atoms with Crippen LogP contribution in [0.15, 0.2) is 24.3 Å². The van der Waals surface area contributed by atoms with Gasteiger partial charge >= 0.3 is 0 Å². The van der Waals surface area contributed by atoms with Crippen molar-refractivity contribution >= 4 is 5.91 Å². The molecule has 1 heterocycles. The SMILES string of the molecule is COc1c(CNCCCNC(=O)c2ccccc2F)c(C)nn1C. The van der Waals surface area contributed by atoms with Gasteiger partial charge in [0, 0.05) is 20.1 Å². The molecule has 0 saturated heterocycles. The topological polar surface area (TPSA) is 68.2 Å². The summed E-state index contributed by atoms with van der Waals surface area (Å²) in [5.74, 6) is -0.155. The maximum Gasteiger partial charge on any atom is 0.254 e. The third-order valence-corrected chi connectivity index (χ3v) is 3.72. The first-order chi connectivity index (χ1) is 11.5. The number of nitrogens with zero attached hydrogens (tertiary/aromatic N) is 2. The van der Waals surface area contributed by atoms with Crippen molar-refractivity contribution in [2.24, 2.45) is 7.05 Å². The Morgan fingerprint density at radius 3 is 2.79 bits per heavy atom. The van der Waals surface area contributed by atoms with Crippen LogP contribution in [-0.2, 0) is 13.6 Å². The lowest BCUT2D eigenvalue weighted by Gasteiger charge is -2.08. The maximum atomic E-state index is 13.5. The van der Waals surface area contributed by atoms with E-state index in [0.29, 0.717) is 13.1 Å². The normalized spacial score (nSPS) is 10.7. The quantitative estimate of drug-likeness (QED) is 0.722. The third-order valence-electron chi connectivity index (χ3n) is 3.72. The van der Waals surface area contributed by atoms with E-state index in [-0.39, 0.29) is 5.56 Å². The van der Waals surface area contributed by atoms with Gasteiger partial charge in [-0.2, -0.15) is 5.10 Å². The zero-order chi connectivity index (χ0) is 17.5. The number of ether oxygens (including phenoxy) is 1. The van der Waals surface area contributed by atoms with Crippen LogP contribution in [0.1, 0.15) is 28.0 Å². The van der Waals surface area contributed by atoms with E-state index >= 15 is 0 Å². The summed E-state index contributed by atoms with van der Waals surface area (Å²) >= 11 is 0. The van der Waals surface area contributed by atoms with E-state index < -0.39 is 11.7 Å². The number of carbonyl (C=O) groups excluding carboxylic acids is 1. The summed E-state index contributed by atoms with van der Waals surface area (Å²) in [4.78, 5) is 11.9. The number of carbonyl (C=O) groups is 1. The number of hydrogen-bond acceptors (Lipinski definition) is 4. The minimum atomic E-state index is -0.507. The number of methoxy groups -OCH3 is 1. The van der Waals surface area contributed by atoms with Crippen molar-refractivity contribution < 1.29 is 13.9 Å². The van der Waals surface area contributed by atoms with Crippen molar-refractivity contribution in [1.29, 1.82) is 0 Å². The highest BCUT2D eigenvalue weighted by Gasteiger charge is 2.13. The van der Waals surface area contributed by atoms with Crippen molar-refractivity contribution in [3.05, 3.63) is 46.9 Å². The molecule has 0 spiro atoms. The van der Waals surface area contributed by atoms with Gasteiger partial charge in [0.25, 0.3) is 5.91 Å². The first kappa shape index (κ1) is 17.9. The molecule has 24 heavy (non-hydrogen) atoms. The van der Waals surface area contributed by atoms with E-state index in [1.54, 1.807) is 23.9 Å². The summed E-state index contributed by atoms with van der Waals surface area (Å²) in [5, 5.41) is 10.3. The molecule has 0 atom stereocenters. The molecule has 1 aromatic heterocycles. The van der Waals surface area contributed by atoms with Crippen molar-refractivity contribution in [3.8, 4) is 5.88 Å². The Hall–Kier alpha value is -2.41. The van der Waals surface area contributed by atoms with E-state index in [2.05, 4.69) is 15.7 Å². The van der Waals surface area contributed by atoms with Gasteiger partial charge in [0.05, 0.1) is 23.9 Å². The lowest BCUT2D eigenvalue weighted by molar-refractivity contribution is 0.0949. The largest absolute Gasteiger partial charge is 0.481 e. The maximum absolute atomic E-state index is 13.5. The van der Waals surface area contributed by atoms with Gasteiger partial charge in [0.15, 0.2) is 0 Å². The molecule has 0 fully saturated rings. The number of amides is 1. The van der Waals surface area contributed by atoms with Crippen molar-refractivity contribution in [3.63, 3.8) is 0 Å². The molecule has 6 nitrogen and oxygen atoms in total. The van der Waals surface area contributed by atoms with Gasteiger partial charge in [0.1, 0.15) is 5.82 Å². The van der Waals surface area contributed by atoms with Gasteiger partial charge in [-0.3, -0.25) is 4.79 Å². The Kier molecular flexibility index (Phi) is 6.31. The lowest BCUT2D eigenvalue weighted by Crippen LogP contribution is -2.28. The molecule has 2 N–H and O–H groups in total. The van der Waals surface area contributed by atoms with Gasteiger partial charge in [0.2, 0.25) is 5.88 Å². The van der Waals surface area contributed by atoms with Crippen LogP contribution in [0.3, 0.4) is 0 Å². The Morgan fingerprint density at radius 1 is 1.33 bits per heavy atom. The number of aryl methyl sites for hydroxylation is 2. The van der Waals surface area contributed by atoms with Crippen LogP contribution in [0.25, 0.3) is 0 Å². The second-order valence-corrected chi connectivity index (χ2v) is 5.46. The molecule has 1 aromatic carbocycles. The highest BCUT2D eigenvalue weighted by molar-refractivity contribution is 5.94. The van der Waals surface area contributed by atoms with Gasteiger partial charge in [-0.25, -0.2) is 9.07 Å². The monoisotopic (exact) mass is 334 g/mol. The van der Waals surface area contributed by atoms with Crippen LogP contribution in [0, 0.1) is 12.7 Å².